The number of rotatable bonds is 1. The number of piperidine rings is 1. The summed E-state index contributed by atoms with van der Waals surface area (Å²) in [6.07, 6.45) is 10.4. The van der Waals surface area contributed by atoms with Crippen LogP contribution in [0.4, 0.5) is 0 Å². The minimum absolute atomic E-state index is 0.113. The van der Waals surface area contributed by atoms with Gasteiger partial charge >= 0.3 is 0 Å². The van der Waals surface area contributed by atoms with Gasteiger partial charge in [-0.2, -0.15) is 0 Å². The van der Waals surface area contributed by atoms with E-state index >= 15 is 0 Å². The van der Waals surface area contributed by atoms with Crippen LogP contribution in [0.15, 0.2) is 12.7 Å². The molecule has 1 heterocycles. The molecule has 3 aliphatic carbocycles. The Morgan fingerprint density at radius 3 is 2.58 bits per heavy atom. The first-order chi connectivity index (χ1) is 11.3. The number of fused-ring (bicyclic) bond motifs is 5. The van der Waals surface area contributed by atoms with Gasteiger partial charge in [0, 0.05) is 13.5 Å². The van der Waals surface area contributed by atoms with Gasteiger partial charge in [-0.15, -0.1) is 6.58 Å². The number of likely N-dealkylation sites (N-methyl/N-ethyl adjacent to an activating group) is 1. The largest absolute Gasteiger partial charge is 0.393 e. The summed E-state index contributed by atoms with van der Waals surface area (Å²) >= 11 is 0. The van der Waals surface area contributed by atoms with E-state index in [-0.39, 0.29) is 28.4 Å². The van der Waals surface area contributed by atoms with Gasteiger partial charge in [-0.1, -0.05) is 19.9 Å². The first-order valence-corrected chi connectivity index (χ1v) is 9.88. The van der Waals surface area contributed by atoms with Gasteiger partial charge in [0.15, 0.2) is 0 Å². The van der Waals surface area contributed by atoms with Crippen molar-refractivity contribution >= 4 is 5.91 Å². The number of hydrogen-bond donors (Lipinski definition) is 1. The zero-order chi connectivity index (χ0) is 17.3. The zero-order valence-corrected chi connectivity index (χ0v) is 15.6. The van der Waals surface area contributed by atoms with Crippen molar-refractivity contribution in [2.24, 2.45) is 28.6 Å². The third kappa shape index (κ3) is 1.75. The van der Waals surface area contributed by atoms with Crippen molar-refractivity contribution in [2.75, 3.05) is 7.05 Å². The molecule has 3 unspecified atom stereocenters. The van der Waals surface area contributed by atoms with Crippen LogP contribution in [-0.4, -0.2) is 34.6 Å². The van der Waals surface area contributed by atoms with E-state index in [2.05, 4.69) is 26.5 Å². The molecule has 1 saturated heterocycles. The van der Waals surface area contributed by atoms with E-state index in [0.717, 1.165) is 25.7 Å². The lowest BCUT2D eigenvalue weighted by Crippen LogP contribution is -2.68. The second kappa shape index (κ2) is 5.09. The number of nitrogens with zero attached hydrogens (tertiary/aromatic N) is 1. The molecule has 3 saturated carbocycles. The Bertz CT molecular complexity index is 574. The van der Waals surface area contributed by atoms with Crippen LogP contribution in [0.5, 0.6) is 0 Å². The Morgan fingerprint density at radius 2 is 1.88 bits per heavy atom. The van der Waals surface area contributed by atoms with Crippen molar-refractivity contribution in [3.8, 4) is 0 Å². The quantitative estimate of drug-likeness (QED) is 0.743. The van der Waals surface area contributed by atoms with Crippen LogP contribution in [0.25, 0.3) is 0 Å². The van der Waals surface area contributed by atoms with Crippen molar-refractivity contribution in [2.45, 2.75) is 76.9 Å². The van der Waals surface area contributed by atoms with Gasteiger partial charge < -0.3 is 10.0 Å². The van der Waals surface area contributed by atoms with Gasteiger partial charge in [0.1, 0.15) is 0 Å². The molecule has 0 aromatic carbocycles. The molecular formula is C21H33NO2. The number of carbonyl (C=O) groups is 1. The highest BCUT2D eigenvalue weighted by atomic mass is 16.3. The average Bonchev–Trinajstić information content (AvgIpc) is 2.87. The number of aliphatic hydroxyl groups is 1. The summed E-state index contributed by atoms with van der Waals surface area (Å²) in [4.78, 5) is 14.5. The van der Waals surface area contributed by atoms with E-state index in [0.29, 0.717) is 24.2 Å². The molecule has 134 valence electrons. The van der Waals surface area contributed by atoms with Gasteiger partial charge in [-0.3, -0.25) is 4.79 Å². The number of aliphatic hydroxyl groups excluding tert-OH is 1. The smallest absolute Gasteiger partial charge is 0.223 e. The van der Waals surface area contributed by atoms with Crippen molar-refractivity contribution < 1.29 is 9.90 Å². The van der Waals surface area contributed by atoms with Crippen LogP contribution < -0.4 is 0 Å². The second-order valence-corrected chi connectivity index (χ2v) is 9.55. The molecule has 0 aromatic rings. The fraction of sp³-hybridized carbons (Fsp3) is 0.857. The van der Waals surface area contributed by atoms with E-state index in [4.69, 9.17) is 0 Å². The fourth-order valence-corrected chi connectivity index (χ4v) is 7.63. The van der Waals surface area contributed by atoms with Crippen LogP contribution in [0.2, 0.25) is 0 Å². The van der Waals surface area contributed by atoms with E-state index in [9.17, 15) is 9.90 Å². The van der Waals surface area contributed by atoms with Crippen molar-refractivity contribution in [3.63, 3.8) is 0 Å². The van der Waals surface area contributed by atoms with Crippen molar-refractivity contribution in [1.29, 1.82) is 0 Å². The molecule has 1 amide bonds. The Labute approximate surface area is 146 Å². The second-order valence-electron chi connectivity index (χ2n) is 9.55. The van der Waals surface area contributed by atoms with Gasteiger partial charge in [0.05, 0.1) is 11.6 Å². The number of hydrogen-bond acceptors (Lipinski definition) is 2. The molecule has 4 fully saturated rings. The summed E-state index contributed by atoms with van der Waals surface area (Å²) in [5, 5.41) is 10.6. The Hall–Kier alpha value is -0.830. The zero-order valence-electron chi connectivity index (χ0n) is 15.6. The first kappa shape index (κ1) is 16.6. The molecule has 3 nitrogen and oxygen atoms in total. The Balaban J connectivity index is 1.74. The average molecular weight is 332 g/mol. The lowest BCUT2D eigenvalue weighted by molar-refractivity contribution is -0.175. The molecule has 0 radical (unpaired) electrons. The predicted molar refractivity (Wildman–Crippen MR) is 95.3 cm³/mol. The molecular weight excluding hydrogens is 298 g/mol. The molecule has 4 aliphatic rings. The first-order valence-electron chi connectivity index (χ1n) is 9.88. The van der Waals surface area contributed by atoms with E-state index in [1.807, 2.05) is 11.9 Å². The summed E-state index contributed by atoms with van der Waals surface area (Å²) in [5.41, 5.74) is 0.0890. The van der Waals surface area contributed by atoms with Gasteiger partial charge in [0.2, 0.25) is 5.91 Å². The van der Waals surface area contributed by atoms with Crippen LogP contribution in [0.3, 0.4) is 0 Å². The van der Waals surface area contributed by atoms with E-state index < -0.39 is 0 Å². The third-order valence-corrected chi connectivity index (χ3v) is 9.22. The molecule has 3 heteroatoms. The monoisotopic (exact) mass is 331 g/mol. The van der Waals surface area contributed by atoms with Crippen molar-refractivity contribution in [3.05, 3.63) is 12.7 Å². The highest BCUT2D eigenvalue weighted by Crippen LogP contribution is 2.67. The minimum Gasteiger partial charge on any atom is -0.393 e. The molecule has 1 aliphatic heterocycles. The molecule has 1 N–H and O–H groups in total. The minimum atomic E-state index is -0.172. The van der Waals surface area contributed by atoms with Crippen LogP contribution in [-0.2, 0) is 4.79 Å². The maximum absolute atomic E-state index is 12.4. The lowest BCUT2D eigenvalue weighted by Gasteiger charge is -2.66. The summed E-state index contributed by atoms with van der Waals surface area (Å²) in [7, 11) is 1.99. The SMILES string of the molecule is C=CC12CCC3C(CC[C@]4(C)[C@@H](O)CC[C@@H]34)[C@@]1(C)CCC(=O)N2C. The number of carbonyl (C=O) groups excluding carboxylic acids is 1. The summed E-state index contributed by atoms with van der Waals surface area (Å²) in [5.74, 6) is 2.31. The van der Waals surface area contributed by atoms with Crippen LogP contribution >= 0.6 is 0 Å². The van der Waals surface area contributed by atoms with Gasteiger partial charge in [0.25, 0.3) is 0 Å². The third-order valence-electron chi connectivity index (χ3n) is 9.22. The van der Waals surface area contributed by atoms with E-state index in [1.165, 1.54) is 19.3 Å². The predicted octanol–water partition coefficient (Wildman–Crippen LogP) is 3.77. The summed E-state index contributed by atoms with van der Waals surface area (Å²) in [6.45, 7) is 8.95. The molecule has 7 atom stereocenters. The Morgan fingerprint density at radius 1 is 1.12 bits per heavy atom. The molecule has 0 bridgehead atoms. The lowest BCUT2D eigenvalue weighted by atomic mass is 9.43. The maximum Gasteiger partial charge on any atom is 0.223 e. The van der Waals surface area contributed by atoms with Gasteiger partial charge in [-0.05, 0) is 73.5 Å². The molecule has 0 spiro atoms. The topological polar surface area (TPSA) is 40.5 Å². The van der Waals surface area contributed by atoms with E-state index in [1.54, 1.807) is 0 Å². The normalized spacial score (nSPS) is 54.0. The van der Waals surface area contributed by atoms with Crippen LogP contribution in [0.1, 0.15) is 65.2 Å². The maximum atomic E-state index is 12.4. The summed E-state index contributed by atoms with van der Waals surface area (Å²) < 4.78 is 0. The highest BCUT2D eigenvalue weighted by molar-refractivity contribution is 5.78. The number of amides is 1. The number of likely N-dealkylation sites (tertiary alicyclic amines) is 1. The molecule has 24 heavy (non-hydrogen) atoms. The fourth-order valence-electron chi connectivity index (χ4n) is 7.63. The summed E-state index contributed by atoms with van der Waals surface area (Å²) in [6, 6.07) is 0. The standard InChI is InChI=1S/C21H33NO2/c1-5-21-13-8-14-15-6-7-17(23)19(15,2)11-9-16(14)20(21,3)12-10-18(24)22(21)4/h5,14-17,23H,1,6-13H2,2-4H3/t14?,15-,16?,17-,19-,20+,21?/m0/s1. The van der Waals surface area contributed by atoms with Crippen molar-refractivity contribution in [1.82, 2.24) is 4.90 Å². The molecule has 0 aromatic heterocycles. The van der Waals surface area contributed by atoms with Gasteiger partial charge in [-0.25, -0.2) is 0 Å². The molecule has 4 rings (SSSR count). The highest BCUT2D eigenvalue weighted by Gasteiger charge is 2.65. The van der Waals surface area contributed by atoms with Crippen LogP contribution in [0, 0.1) is 28.6 Å². The Kier molecular flexibility index (Phi) is 3.53.